The van der Waals surface area contributed by atoms with Crippen LogP contribution < -0.4 is 0 Å². The van der Waals surface area contributed by atoms with Gasteiger partial charge in [-0.2, -0.15) is 0 Å². The van der Waals surface area contributed by atoms with Crippen LogP contribution in [0.1, 0.15) is 22.3 Å². The van der Waals surface area contributed by atoms with Crippen molar-refractivity contribution in [1.82, 2.24) is 15.0 Å². The van der Waals surface area contributed by atoms with E-state index in [1.165, 1.54) is 53.6 Å². The summed E-state index contributed by atoms with van der Waals surface area (Å²) in [5.74, 6) is 0.662. The molecule has 4 heteroatoms. The summed E-state index contributed by atoms with van der Waals surface area (Å²) in [4.78, 5) is 15.7. The lowest BCUT2D eigenvalue weighted by atomic mass is 9.67. The lowest BCUT2D eigenvalue weighted by molar-refractivity contribution is 0.768. The number of thiophene rings is 1. The molecule has 0 radical (unpaired) electrons. The van der Waals surface area contributed by atoms with Crippen molar-refractivity contribution in [3.05, 3.63) is 223 Å². The Morgan fingerprint density at radius 1 is 0.411 bits per heavy atom. The molecule has 3 aromatic heterocycles. The van der Waals surface area contributed by atoms with Crippen molar-refractivity contribution in [3.63, 3.8) is 0 Å². The highest BCUT2D eigenvalue weighted by molar-refractivity contribution is 7.25. The summed E-state index contributed by atoms with van der Waals surface area (Å²) in [6, 6.07) is 69.5. The number of aromatic nitrogens is 3. The van der Waals surface area contributed by atoms with Gasteiger partial charge in [0, 0.05) is 43.1 Å². The van der Waals surface area contributed by atoms with Gasteiger partial charge in [0.05, 0.1) is 22.5 Å². The molecule has 0 fully saturated rings. The van der Waals surface area contributed by atoms with Crippen molar-refractivity contribution in [2.75, 3.05) is 0 Å². The molecule has 0 bridgehead atoms. The Hall–Kier alpha value is -7.01. The van der Waals surface area contributed by atoms with Gasteiger partial charge in [-0.25, -0.2) is 9.97 Å². The average molecular weight is 732 g/mol. The van der Waals surface area contributed by atoms with Gasteiger partial charge >= 0.3 is 0 Å². The van der Waals surface area contributed by atoms with E-state index in [0.29, 0.717) is 5.82 Å². The first-order chi connectivity index (χ1) is 27.8. The van der Waals surface area contributed by atoms with Crippen LogP contribution in [0.3, 0.4) is 0 Å². The van der Waals surface area contributed by atoms with Gasteiger partial charge in [-0.15, -0.1) is 11.3 Å². The second kappa shape index (κ2) is 13.1. The first-order valence-corrected chi connectivity index (χ1v) is 19.8. The van der Waals surface area contributed by atoms with Crippen LogP contribution >= 0.6 is 11.3 Å². The zero-order chi connectivity index (χ0) is 37.1. The van der Waals surface area contributed by atoms with E-state index in [4.69, 9.17) is 15.0 Å². The normalized spacial score (nSPS) is 12.8. The number of pyridine rings is 1. The zero-order valence-electron chi connectivity index (χ0n) is 30.3. The molecule has 1 aliphatic rings. The molecule has 0 N–H and O–H groups in total. The van der Waals surface area contributed by atoms with Gasteiger partial charge < -0.3 is 0 Å². The molecule has 3 nitrogen and oxygen atoms in total. The summed E-state index contributed by atoms with van der Waals surface area (Å²) >= 11 is 1.83. The van der Waals surface area contributed by atoms with Gasteiger partial charge in [-0.05, 0) is 69.3 Å². The molecule has 0 spiro atoms. The number of fused-ring (bicyclic) bond motifs is 6. The van der Waals surface area contributed by atoms with Crippen molar-refractivity contribution in [2.45, 2.75) is 5.41 Å². The van der Waals surface area contributed by atoms with Crippen LogP contribution in [-0.4, -0.2) is 15.0 Å². The largest absolute Gasteiger partial charge is 0.254 e. The van der Waals surface area contributed by atoms with Crippen LogP contribution in [0.15, 0.2) is 200 Å². The van der Waals surface area contributed by atoms with E-state index in [1.807, 2.05) is 41.8 Å². The second-order valence-electron chi connectivity index (χ2n) is 14.3. The third-order valence-corrected chi connectivity index (χ3v) is 12.4. The molecule has 11 rings (SSSR count). The molecule has 10 aromatic rings. The monoisotopic (exact) mass is 731 g/mol. The summed E-state index contributed by atoms with van der Waals surface area (Å²) < 4.78 is 2.53. The van der Waals surface area contributed by atoms with Crippen LogP contribution in [-0.2, 0) is 5.41 Å². The minimum Gasteiger partial charge on any atom is -0.254 e. The molecule has 7 aromatic carbocycles. The quantitative estimate of drug-likeness (QED) is 0.171. The predicted molar refractivity (Wildman–Crippen MR) is 232 cm³/mol. The van der Waals surface area contributed by atoms with E-state index in [2.05, 4.69) is 170 Å². The predicted octanol–water partition coefficient (Wildman–Crippen LogP) is 13.3. The van der Waals surface area contributed by atoms with Gasteiger partial charge in [0.15, 0.2) is 5.82 Å². The van der Waals surface area contributed by atoms with Crippen molar-refractivity contribution < 1.29 is 0 Å². The number of rotatable bonds is 6. The highest BCUT2D eigenvalue weighted by atomic mass is 32.1. The Labute approximate surface area is 329 Å². The first kappa shape index (κ1) is 32.4. The Kier molecular flexibility index (Phi) is 7.58. The Morgan fingerprint density at radius 2 is 1.04 bits per heavy atom. The number of nitrogens with zero attached hydrogens (tertiary/aromatic N) is 3. The fourth-order valence-corrected chi connectivity index (χ4v) is 9.99. The first-order valence-electron chi connectivity index (χ1n) is 18.9. The van der Waals surface area contributed by atoms with Crippen molar-refractivity contribution in [2.24, 2.45) is 0 Å². The van der Waals surface area contributed by atoms with E-state index in [9.17, 15) is 0 Å². The minimum atomic E-state index is -0.515. The van der Waals surface area contributed by atoms with Crippen LogP contribution in [0.2, 0.25) is 0 Å². The van der Waals surface area contributed by atoms with Crippen molar-refractivity contribution >= 4 is 31.5 Å². The Morgan fingerprint density at radius 3 is 1.84 bits per heavy atom. The number of hydrogen-bond acceptors (Lipinski definition) is 4. The third kappa shape index (κ3) is 5.00. The smallest absolute Gasteiger partial charge is 0.160 e. The molecule has 0 unspecified atom stereocenters. The van der Waals surface area contributed by atoms with E-state index in [0.717, 1.165) is 39.3 Å². The summed E-state index contributed by atoms with van der Waals surface area (Å²) in [7, 11) is 0. The number of hydrogen-bond donors (Lipinski definition) is 0. The standard InChI is InChI=1S/C52H33N3S/c1-4-16-34(17-5-1)51-54-45(33-46(55-51)50-41(25-15-31-53-50)40-24-14-28-48-49(40)42-23-11-13-27-47(42)56-48)35-29-30-39-38-22-10-12-26-43(38)52(44(39)32-35,36-18-6-2-7-19-36)37-20-8-3-9-21-37/h1-33H. The molecule has 0 saturated carbocycles. The summed E-state index contributed by atoms with van der Waals surface area (Å²) in [6.45, 7) is 0. The molecule has 1 aliphatic carbocycles. The Balaban J connectivity index is 1.16. The van der Waals surface area contributed by atoms with E-state index < -0.39 is 5.41 Å². The van der Waals surface area contributed by atoms with Gasteiger partial charge in [0.2, 0.25) is 0 Å². The molecular weight excluding hydrogens is 699 g/mol. The van der Waals surface area contributed by atoms with Crippen LogP contribution in [0.4, 0.5) is 0 Å². The molecule has 56 heavy (non-hydrogen) atoms. The fraction of sp³-hybridized carbons (Fsp3) is 0.0192. The molecule has 262 valence electrons. The Bertz CT molecular complexity index is 3040. The molecular formula is C52H33N3S. The SMILES string of the molecule is c1ccc(-c2nc(-c3ccc4c(c3)C(c3ccccc3)(c3ccccc3)c3ccccc3-4)cc(-c3ncccc3-c3cccc4sc5ccccc5c34)n2)cc1. The van der Waals surface area contributed by atoms with Gasteiger partial charge in [0.25, 0.3) is 0 Å². The molecule has 0 amide bonds. The summed E-state index contributed by atoms with van der Waals surface area (Å²) in [5, 5.41) is 2.50. The van der Waals surface area contributed by atoms with Gasteiger partial charge in [0.1, 0.15) is 0 Å². The molecule has 3 heterocycles. The number of benzene rings is 7. The maximum Gasteiger partial charge on any atom is 0.160 e. The van der Waals surface area contributed by atoms with E-state index >= 15 is 0 Å². The second-order valence-corrected chi connectivity index (χ2v) is 15.4. The topological polar surface area (TPSA) is 38.7 Å². The summed E-state index contributed by atoms with van der Waals surface area (Å²) in [6.07, 6.45) is 1.87. The maximum atomic E-state index is 5.32. The van der Waals surface area contributed by atoms with Crippen LogP contribution in [0.5, 0.6) is 0 Å². The van der Waals surface area contributed by atoms with Crippen LogP contribution in [0.25, 0.3) is 76.5 Å². The van der Waals surface area contributed by atoms with Crippen molar-refractivity contribution in [3.8, 4) is 56.3 Å². The van der Waals surface area contributed by atoms with Crippen molar-refractivity contribution in [1.29, 1.82) is 0 Å². The zero-order valence-corrected chi connectivity index (χ0v) is 31.1. The van der Waals surface area contributed by atoms with E-state index in [1.54, 1.807) is 0 Å². The van der Waals surface area contributed by atoms with Gasteiger partial charge in [-0.3, -0.25) is 4.98 Å². The maximum absolute atomic E-state index is 5.32. The lowest BCUT2D eigenvalue weighted by Crippen LogP contribution is -2.28. The molecule has 0 atom stereocenters. The molecule has 0 saturated heterocycles. The minimum absolute atomic E-state index is 0.515. The van der Waals surface area contributed by atoms with Gasteiger partial charge in [-0.1, -0.05) is 164 Å². The lowest BCUT2D eigenvalue weighted by Gasteiger charge is -2.34. The fourth-order valence-electron chi connectivity index (χ4n) is 8.86. The molecule has 0 aliphatic heterocycles. The van der Waals surface area contributed by atoms with E-state index in [-0.39, 0.29) is 0 Å². The average Bonchev–Trinajstić information content (AvgIpc) is 3.81. The third-order valence-electron chi connectivity index (χ3n) is 11.3. The summed E-state index contributed by atoms with van der Waals surface area (Å²) in [5.41, 5.74) is 13.6. The van der Waals surface area contributed by atoms with Crippen LogP contribution in [0, 0.1) is 0 Å². The highest BCUT2D eigenvalue weighted by Crippen LogP contribution is 2.56. The highest BCUT2D eigenvalue weighted by Gasteiger charge is 2.46.